The maximum absolute atomic E-state index is 14.6. The number of nitrogens with one attached hydrogen (secondary N) is 2. The number of sulfone groups is 1. The van der Waals surface area contributed by atoms with Crippen molar-refractivity contribution in [2.24, 2.45) is 10.2 Å². The minimum Gasteiger partial charge on any atom is -0.352 e. The lowest BCUT2D eigenvalue weighted by Gasteiger charge is -2.32. The van der Waals surface area contributed by atoms with Crippen LogP contribution in [0.1, 0.15) is 30.4 Å². The van der Waals surface area contributed by atoms with Crippen molar-refractivity contribution < 1.29 is 21.2 Å². The first-order valence-corrected chi connectivity index (χ1v) is 15.9. The molecule has 3 aromatic carbocycles. The Balaban J connectivity index is 1.61. The van der Waals surface area contributed by atoms with Crippen molar-refractivity contribution >= 4 is 43.1 Å². The molecule has 0 radical (unpaired) electrons. The first-order valence-electron chi connectivity index (χ1n) is 12.5. The lowest BCUT2D eigenvalue weighted by atomic mass is 9.89. The third kappa shape index (κ3) is 5.12. The molecule has 40 heavy (non-hydrogen) atoms. The summed E-state index contributed by atoms with van der Waals surface area (Å²) in [7, 11) is -7.96. The topological polar surface area (TPSA) is 146 Å². The number of hydrogen-bond donors (Lipinski definition) is 3. The van der Waals surface area contributed by atoms with Crippen LogP contribution in [-0.4, -0.2) is 51.4 Å². The molecule has 1 saturated carbocycles. The molecule has 0 spiro atoms. The fraction of sp³-hybridized carbons (Fsp3) is 0.259. The van der Waals surface area contributed by atoms with Gasteiger partial charge in [-0.15, -0.1) is 0 Å². The van der Waals surface area contributed by atoms with E-state index < -0.39 is 35.7 Å². The fourth-order valence-electron chi connectivity index (χ4n) is 5.31. The summed E-state index contributed by atoms with van der Waals surface area (Å²) in [5, 5.41) is 22.6. The number of hydrogen-bond acceptors (Lipinski definition) is 6. The zero-order valence-corrected chi connectivity index (χ0v) is 23.6. The van der Waals surface area contributed by atoms with Crippen LogP contribution in [-0.2, 0) is 24.6 Å². The van der Waals surface area contributed by atoms with Crippen LogP contribution >= 0.6 is 11.6 Å². The predicted molar refractivity (Wildman–Crippen MR) is 152 cm³/mol. The van der Waals surface area contributed by atoms with E-state index >= 15 is 0 Å². The molecule has 1 aliphatic heterocycles. The van der Waals surface area contributed by atoms with Gasteiger partial charge in [0, 0.05) is 16.6 Å². The number of guanidine groups is 1. The van der Waals surface area contributed by atoms with Crippen LogP contribution in [0.4, 0.5) is 4.39 Å². The van der Waals surface area contributed by atoms with E-state index in [1.54, 1.807) is 30.3 Å². The Morgan fingerprint density at radius 3 is 2.25 bits per heavy atom. The Morgan fingerprint density at radius 2 is 1.65 bits per heavy atom. The van der Waals surface area contributed by atoms with Gasteiger partial charge >= 0.3 is 0 Å². The van der Waals surface area contributed by atoms with Crippen molar-refractivity contribution in [2.45, 2.75) is 40.2 Å². The van der Waals surface area contributed by atoms with Crippen molar-refractivity contribution in [1.29, 1.82) is 5.41 Å². The highest BCUT2D eigenvalue weighted by Gasteiger charge is 2.56. The number of benzene rings is 3. The van der Waals surface area contributed by atoms with Crippen LogP contribution in [0.3, 0.4) is 0 Å². The summed E-state index contributed by atoms with van der Waals surface area (Å²) in [6.07, 6.45) is 1.04. The van der Waals surface area contributed by atoms with Crippen molar-refractivity contribution in [2.75, 3.05) is 6.54 Å². The second-order valence-electron chi connectivity index (χ2n) is 9.88. The van der Waals surface area contributed by atoms with Crippen LogP contribution in [0.2, 0.25) is 5.02 Å². The van der Waals surface area contributed by atoms with Crippen molar-refractivity contribution in [3.05, 3.63) is 101 Å². The van der Waals surface area contributed by atoms with Crippen LogP contribution in [0, 0.1) is 11.2 Å². The first-order chi connectivity index (χ1) is 18.9. The minimum absolute atomic E-state index is 0.00342. The lowest BCUT2D eigenvalue weighted by molar-refractivity contribution is 0.419. The Labute approximate surface area is 237 Å². The number of hydrazone groups is 1. The molecule has 3 aromatic rings. The Morgan fingerprint density at radius 1 is 1.00 bits per heavy atom. The Hall–Kier alpha value is -3.32. The molecule has 3 atom stereocenters. The van der Waals surface area contributed by atoms with Gasteiger partial charge in [0.25, 0.3) is 0 Å². The summed E-state index contributed by atoms with van der Waals surface area (Å²) in [5.74, 6) is -0.686. The normalized spacial score (nSPS) is 23.2. The van der Waals surface area contributed by atoms with Crippen molar-refractivity contribution in [3.63, 3.8) is 0 Å². The van der Waals surface area contributed by atoms with Gasteiger partial charge < -0.3 is 5.32 Å². The van der Waals surface area contributed by atoms with Crippen molar-refractivity contribution in [3.8, 4) is 0 Å². The lowest BCUT2D eigenvalue weighted by Crippen LogP contribution is -2.49. The van der Waals surface area contributed by atoms with Gasteiger partial charge in [-0.25, -0.2) is 31.4 Å². The highest BCUT2D eigenvalue weighted by Crippen LogP contribution is 2.43. The zero-order chi connectivity index (χ0) is 28.7. The molecule has 0 amide bonds. The van der Waals surface area contributed by atoms with E-state index in [4.69, 9.17) is 22.1 Å². The van der Waals surface area contributed by atoms with Gasteiger partial charge in [-0.3, -0.25) is 5.41 Å². The van der Waals surface area contributed by atoms with Gasteiger partial charge in [-0.05, 0) is 61.2 Å². The van der Waals surface area contributed by atoms with E-state index in [0.717, 1.165) is 0 Å². The number of primary sulfonamides is 1. The molecule has 5 rings (SSSR count). The molecule has 210 valence electrons. The molecule has 1 aliphatic carbocycles. The molecule has 2 aliphatic rings. The quantitative estimate of drug-likeness (QED) is 0.290. The van der Waals surface area contributed by atoms with E-state index in [-0.39, 0.29) is 35.6 Å². The minimum atomic E-state index is -4.24. The second-order valence-corrected chi connectivity index (χ2v) is 14.3. The van der Waals surface area contributed by atoms with Gasteiger partial charge in [0.15, 0.2) is 14.6 Å². The SMILES string of the molecule is N=C(N[C@@H]1CC[C@@H](S(N)(=O)=O)C1)N1CC(c2ccccc2)(S(=O)(=O)c2ccc(Cl)cc2)C(c2ccc(F)cc2)=N1. The average molecular weight is 604 g/mol. The smallest absolute Gasteiger partial charge is 0.212 e. The van der Waals surface area contributed by atoms with E-state index in [2.05, 4.69) is 10.4 Å². The summed E-state index contributed by atoms with van der Waals surface area (Å²) in [4.78, 5) is 0.00342. The standard InChI is InChI=1S/C27H27ClFN5O4S2/c28-20-8-13-23(14-9-20)39(35,36)27(19-4-2-1-3-5-19)17-34(33-25(27)18-6-10-21(29)11-7-18)26(30)32-22-12-15-24(16-22)40(31,37)38/h1-11,13-14,22,24H,12,15-17H2,(H2,30,32)(H2,31,37,38)/t22-,24-,27?/m1/s1. The average Bonchev–Trinajstić information content (AvgIpc) is 3.56. The number of halogens is 2. The number of nitrogens with zero attached hydrogens (tertiary/aromatic N) is 2. The maximum Gasteiger partial charge on any atom is 0.212 e. The summed E-state index contributed by atoms with van der Waals surface area (Å²) >= 11 is 6.05. The van der Waals surface area contributed by atoms with Gasteiger partial charge in [0.05, 0.1) is 22.4 Å². The fourth-order valence-corrected chi connectivity index (χ4v) is 8.45. The van der Waals surface area contributed by atoms with E-state index in [0.29, 0.717) is 29.0 Å². The van der Waals surface area contributed by atoms with Crippen molar-refractivity contribution in [1.82, 2.24) is 10.3 Å². The molecule has 0 bridgehead atoms. The molecule has 1 unspecified atom stereocenters. The molecular weight excluding hydrogens is 577 g/mol. The number of nitrogens with two attached hydrogens (primary N) is 1. The molecule has 4 N–H and O–H groups in total. The molecule has 1 heterocycles. The van der Waals surface area contributed by atoms with E-state index in [1.807, 2.05) is 0 Å². The van der Waals surface area contributed by atoms with Crippen LogP contribution in [0.25, 0.3) is 0 Å². The van der Waals surface area contributed by atoms with E-state index in [9.17, 15) is 21.2 Å². The van der Waals surface area contributed by atoms with Crippen LogP contribution < -0.4 is 10.5 Å². The second kappa shape index (κ2) is 10.6. The third-order valence-electron chi connectivity index (χ3n) is 7.36. The third-order valence-corrected chi connectivity index (χ3v) is 11.3. The highest BCUT2D eigenvalue weighted by atomic mass is 35.5. The predicted octanol–water partition coefficient (Wildman–Crippen LogP) is 3.60. The molecule has 9 nitrogen and oxygen atoms in total. The van der Waals surface area contributed by atoms with Crippen LogP contribution in [0.15, 0.2) is 88.9 Å². The molecular formula is C27H27ClFN5O4S2. The summed E-state index contributed by atoms with van der Waals surface area (Å²) < 4.78 is 64.9. The monoisotopic (exact) mass is 603 g/mol. The van der Waals surface area contributed by atoms with Crippen LogP contribution in [0.5, 0.6) is 0 Å². The highest BCUT2D eigenvalue weighted by molar-refractivity contribution is 7.93. The molecule has 0 aromatic heterocycles. The van der Waals surface area contributed by atoms with Gasteiger partial charge in [0.2, 0.25) is 16.0 Å². The number of rotatable bonds is 6. The van der Waals surface area contributed by atoms with Gasteiger partial charge in [0.1, 0.15) is 5.82 Å². The summed E-state index contributed by atoms with van der Waals surface area (Å²) in [6, 6.07) is 19.4. The first kappa shape index (κ1) is 28.2. The Bertz CT molecular complexity index is 1670. The maximum atomic E-state index is 14.6. The summed E-state index contributed by atoms with van der Waals surface area (Å²) in [5.41, 5.74) is 0.903. The zero-order valence-electron chi connectivity index (χ0n) is 21.2. The molecule has 1 fully saturated rings. The number of sulfonamides is 1. The van der Waals surface area contributed by atoms with Gasteiger partial charge in [-0.2, -0.15) is 5.10 Å². The largest absolute Gasteiger partial charge is 0.352 e. The molecule has 0 saturated heterocycles. The Kier molecular flexibility index (Phi) is 7.47. The van der Waals surface area contributed by atoms with E-state index in [1.165, 1.54) is 53.5 Å². The summed E-state index contributed by atoms with van der Waals surface area (Å²) in [6.45, 7) is -0.258. The van der Waals surface area contributed by atoms with Gasteiger partial charge in [-0.1, -0.05) is 54.1 Å². The molecule has 13 heteroatoms.